The molecular formula is C19H24F3N5O2. The smallest absolute Gasteiger partial charge is 0.324 e. The van der Waals surface area contributed by atoms with Crippen LogP contribution in [0.2, 0.25) is 0 Å². The lowest BCUT2D eigenvalue weighted by Gasteiger charge is -2.32. The highest BCUT2D eigenvalue weighted by Gasteiger charge is 2.32. The Hall–Kier alpha value is -2.78. The van der Waals surface area contributed by atoms with Crippen molar-refractivity contribution in [1.29, 1.82) is 0 Å². The lowest BCUT2D eigenvalue weighted by Crippen LogP contribution is -2.42. The van der Waals surface area contributed by atoms with Gasteiger partial charge < -0.3 is 10.2 Å². The molecule has 1 aliphatic rings. The van der Waals surface area contributed by atoms with Gasteiger partial charge in [0, 0.05) is 37.8 Å². The van der Waals surface area contributed by atoms with Crippen LogP contribution in [0, 0.1) is 0 Å². The first-order chi connectivity index (χ1) is 13.6. The van der Waals surface area contributed by atoms with Gasteiger partial charge in [-0.2, -0.15) is 18.3 Å². The molecule has 3 rings (SSSR count). The number of amides is 2. The maximum Gasteiger partial charge on any atom is 0.416 e. The second kappa shape index (κ2) is 7.92. The summed E-state index contributed by atoms with van der Waals surface area (Å²) in [6.45, 7) is 4.62. The highest BCUT2D eigenvalue weighted by atomic mass is 19.4. The van der Waals surface area contributed by atoms with Crippen LogP contribution in [-0.2, 0) is 13.2 Å². The molecule has 1 atom stereocenters. The van der Waals surface area contributed by atoms with E-state index in [9.17, 15) is 22.8 Å². The zero-order valence-electron chi connectivity index (χ0n) is 16.5. The Bertz CT molecular complexity index is 948. The van der Waals surface area contributed by atoms with Crippen molar-refractivity contribution in [3.63, 3.8) is 0 Å². The van der Waals surface area contributed by atoms with E-state index < -0.39 is 17.8 Å². The summed E-state index contributed by atoms with van der Waals surface area (Å²) in [5.41, 5.74) is -0.939. The molecule has 10 heteroatoms. The van der Waals surface area contributed by atoms with Crippen LogP contribution in [0.3, 0.4) is 0 Å². The molecule has 0 radical (unpaired) electrons. The van der Waals surface area contributed by atoms with E-state index in [-0.39, 0.29) is 23.3 Å². The molecule has 158 valence electrons. The summed E-state index contributed by atoms with van der Waals surface area (Å²) < 4.78 is 41.5. The largest absolute Gasteiger partial charge is 0.416 e. The Morgan fingerprint density at radius 3 is 2.69 bits per heavy atom. The Balaban J connectivity index is 1.76. The average Bonchev–Trinajstić information content (AvgIpc) is 2.96. The van der Waals surface area contributed by atoms with Crippen LogP contribution in [-0.4, -0.2) is 38.4 Å². The number of urea groups is 1. The monoisotopic (exact) mass is 411 g/mol. The number of hydrogen-bond acceptors (Lipinski definition) is 3. The summed E-state index contributed by atoms with van der Waals surface area (Å²) in [5, 5.41) is 6.90. The molecular weight excluding hydrogens is 387 g/mol. The van der Waals surface area contributed by atoms with Gasteiger partial charge in [-0.15, -0.1) is 0 Å². The fraction of sp³-hybridized carbons (Fsp3) is 0.526. The lowest BCUT2D eigenvalue weighted by molar-refractivity contribution is -0.137. The number of aryl methyl sites for hydroxylation is 1. The minimum atomic E-state index is -4.48. The van der Waals surface area contributed by atoms with E-state index in [0.29, 0.717) is 25.3 Å². The van der Waals surface area contributed by atoms with Crippen molar-refractivity contribution >= 4 is 11.7 Å². The predicted molar refractivity (Wildman–Crippen MR) is 102 cm³/mol. The molecule has 1 aromatic carbocycles. The number of nitrogens with one attached hydrogen (secondary N) is 1. The molecule has 1 N–H and O–H groups in total. The SMILES string of the molecule is CC(C)n1c(C2CCCN(C(=O)Nc3cccc(C(F)(F)F)c3)C2)nn(C)c1=O. The molecule has 1 fully saturated rings. The maximum absolute atomic E-state index is 12.9. The van der Waals surface area contributed by atoms with Gasteiger partial charge in [0.25, 0.3) is 0 Å². The Morgan fingerprint density at radius 1 is 1.31 bits per heavy atom. The van der Waals surface area contributed by atoms with Gasteiger partial charge in [-0.3, -0.25) is 4.57 Å². The Labute approximate surface area is 166 Å². The first-order valence-electron chi connectivity index (χ1n) is 9.46. The van der Waals surface area contributed by atoms with E-state index in [1.165, 1.54) is 16.8 Å². The molecule has 7 nitrogen and oxygen atoms in total. The van der Waals surface area contributed by atoms with Crippen molar-refractivity contribution in [2.24, 2.45) is 7.05 Å². The minimum Gasteiger partial charge on any atom is -0.324 e. The first-order valence-corrected chi connectivity index (χ1v) is 9.46. The molecule has 1 aliphatic heterocycles. The third-order valence-corrected chi connectivity index (χ3v) is 5.01. The van der Waals surface area contributed by atoms with Gasteiger partial charge in [0.2, 0.25) is 0 Å². The summed E-state index contributed by atoms with van der Waals surface area (Å²) in [6, 6.07) is 4.01. The minimum absolute atomic E-state index is 0.0690. The van der Waals surface area contributed by atoms with Crippen molar-refractivity contribution in [3.05, 3.63) is 46.1 Å². The van der Waals surface area contributed by atoms with Crippen LogP contribution in [0.25, 0.3) is 0 Å². The quantitative estimate of drug-likeness (QED) is 0.839. The Kier molecular flexibility index (Phi) is 5.72. The van der Waals surface area contributed by atoms with Crippen LogP contribution in [0.1, 0.15) is 50.0 Å². The standard InChI is InChI=1S/C19H24F3N5O2/c1-12(2)27-16(24-25(3)18(27)29)13-6-5-9-26(11-13)17(28)23-15-8-4-7-14(10-15)19(20,21)22/h4,7-8,10,12-13H,5-6,9,11H2,1-3H3,(H,23,28). The number of rotatable bonds is 3. The summed E-state index contributed by atoms with van der Waals surface area (Å²) in [4.78, 5) is 26.5. The van der Waals surface area contributed by atoms with E-state index in [1.807, 2.05) is 13.8 Å². The highest BCUT2D eigenvalue weighted by molar-refractivity contribution is 5.89. The third-order valence-electron chi connectivity index (χ3n) is 5.01. The van der Waals surface area contributed by atoms with Crippen LogP contribution in [0.5, 0.6) is 0 Å². The number of benzene rings is 1. The van der Waals surface area contributed by atoms with Gasteiger partial charge in [0.1, 0.15) is 5.82 Å². The number of hydrogen-bond donors (Lipinski definition) is 1. The molecule has 0 saturated carbocycles. The summed E-state index contributed by atoms with van der Waals surface area (Å²) in [6.07, 6.45) is -2.99. The van der Waals surface area contributed by atoms with Gasteiger partial charge in [-0.1, -0.05) is 6.07 Å². The van der Waals surface area contributed by atoms with Gasteiger partial charge in [-0.25, -0.2) is 14.3 Å². The van der Waals surface area contributed by atoms with E-state index >= 15 is 0 Å². The number of anilines is 1. The molecule has 1 aromatic heterocycles. The number of aromatic nitrogens is 3. The van der Waals surface area contributed by atoms with Gasteiger partial charge in [0.15, 0.2) is 0 Å². The fourth-order valence-electron chi connectivity index (χ4n) is 3.61. The number of carbonyl (C=O) groups excluding carboxylic acids is 1. The third kappa shape index (κ3) is 4.46. The van der Waals surface area contributed by atoms with Gasteiger partial charge in [0.05, 0.1) is 5.56 Å². The Morgan fingerprint density at radius 2 is 2.03 bits per heavy atom. The van der Waals surface area contributed by atoms with Crippen LogP contribution >= 0.6 is 0 Å². The number of likely N-dealkylation sites (tertiary alicyclic amines) is 1. The molecule has 0 aliphatic carbocycles. The number of piperidine rings is 1. The van der Waals surface area contributed by atoms with Crippen molar-refractivity contribution in [3.8, 4) is 0 Å². The van der Waals surface area contributed by atoms with Crippen molar-refractivity contribution in [2.45, 2.75) is 44.8 Å². The van der Waals surface area contributed by atoms with Gasteiger partial charge >= 0.3 is 17.9 Å². The summed E-state index contributed by atoms with van der Waals surface area (Å²) >= 11 is 0. The highest BCUT2D eigenvalue weighted by Crippen LogP contribution is 2.31. The molecule has 0 bridgehead atoms. The van der Waals surface area contributed by atoms with Crippen LogP contribution in [0.4, 0.5) is 23.7 Å². The fourth-order valence-corrected chi connectivity index (χ4v) is 3.61. The predicted octanol–water partition coefficient (Wildman–Crippen LogP) is 3.59. The molecule has 2 heterocycles. The number of carbonyl (C=O) groups is 1. The second-order valence-corrected chi connectivity index (χ2v) is 7.52. The molecule has 29 heavy (non-hydrogen) atoms. The maximum atomic E-state index is 12.9. The number of alkyl halides is 3. The second-order valence-electron chi connectivity index (χ2n) is 7.52. The first kappa shape index (κ1) is 20.9. The van der Waals surface area contributed by atoms with Crippen molar-refractivity contribution in [1.82, 2.24) is 19.2 Å². The van der Waals surface area contributed by atoms with Crippen molar-refractivity contribution < 1.29 is 18.0 Å². The number of nitrogens with zero attached hydrogens (tertiary/aromatic N) is 4. The van der Waals surface area contributed by atoms with E-state index in [1.54, 1.807) is 16.5 Å². The molecule has 2 aromatic rings. The van der Waals surface area contributed by atoms with Crippen LogP contribution < -0.4 is 11.0 Å². The normalized spacial score (nSPS) is 17.6. The zero-order chi connectivity index (χ0) is 21.3. The van der Waals surface area contributed by atoms with Crippen molar-refractivity contribution in [2.75, 3.05) is 18.4 Å². The molecule has 1 unspecified atom stereocenters. The number of halogens is 3. The van der Waals surface area contributed by atoms with E-state index in [4.69, 9.17) is 0 Å². The topological polar surface area (TPSA) is 72.2 Å². The summed E-state index contributed by atoms with van der Waals surface area (Å²) in [5.74, 6) is 0.511. The lowest BCUT2D eigenvalue weighted by atomic mass is 9.97. The van der Waals surface area contributed by atoms with Crippen LogP contribution in [0.15, 0.2) is 29.1 Å². The summed E-state index contributed by atoms with van der Waals surface area (Å²) in [7, 11) is 1.59. The zero-order valence-corrected chi connectivity index (χ0v) is 16.5. The van der Waals surface area contributed by atoms with Gasteiger partial charge in [-0.05, 0) is 44.9 Å². The molecule has 2 amide bonds. The molecule has 0 spiro atoms. The molecule has 1 saturated heterocycles. The average molecular weight is 411 g/mol. The van der Waals surface area contributed by atoms with E-state index in [2.05, 4.69) is 10.4 Å². The van der Waals surface area contributed by atoms with E-state index in [0.717, 1.165) is 18.6 Å².